The van der Waals surface area contributed by atoms with E-state index in [1.807, 2.05) is 11.7 Å². The van der Waals surface area contributed by atoms with Crippen molar-refractivity contribution in [3.63, 3.8) is 0 Å². The summed E-state index contributed by atoms with van der Waals surface area (Å²) in [7, 11) is 3.25. The van der Waals surface area contributed by atoms with Gasteiger partial charge in [-0.2, -0.15) is 20.7 Å². The number of rotatable bonds is 10. The van der Waals surface area contributed by atoms with E-state index in [4.69, 9.17) is 19.9 Å². The van der Waals surface area contributed by atoms with Gasteiger partial charge in [0.05, 0.1) is 25.7 Å². The first-order valence-corrected chi connectivity index (χ1v) is 14.1. The number of nitrogens with one attached hydrogen (secondary N) is 2. The fourth-order valence-corrected chi connectivity index (χ4v) is 6.65. The number of aromatic nitrogens is 2. The molecule has 5 rings (SSSR count). The smallest absolute Gasteiger partial charge is 0.328 e. The summed E-state index contributed by atoms with van der Waals surface area (Å²) < 4.78 is 7.75. The Balaban J connectivity index is 1.77. The highest BCUT2D eigenvalue weighted by atomic mass is 16.6. The largest absolute Gasteiger partial charge is 0.459 e. The van der Waals surface area contributed by atoms with Crippen LogP contribution in [0.5, 0.6) is 0 Å². The SMILES string of the molecule is CONCc1ccc2c(c1)CCc1cc(CNOC)ccc1C2(C[C@H](C)N)c1nc(=O)on1C1CCCCC1. The molecule has 2 aromatic carbocycles. The van der Waals surface area contributed by atoms with Crippen molar-refractivity contribution < 1.29 is 14.2 Å². The molecule has 1 aromatic heterocycles. The van der Waals surface area contributed by atoms with Crippen molar-refractivity contribution in [1.29, 1.82) is 0 Å². The van der Waals surface area contributed by atoms with E-state index in [2.05, 4.69) is 52.3 Å². The summed E-state index contributed by atoms with van der Waals surface area (Å²) in [5.74, 6) is 0.125. The Morgan fingerprint density at radius 1 is 1.00 bits per heavy atom. The second-order valence-electron chi connectivity index (χ2n) is 11.0. The van der Waals surface area contributed by atoms with Gasteiger partial charge in [-0.25, -0.2) is 4.79 Å². The normalized spacial score (nSPS) is 17.8. The molecular weight excluding hydrogens is 494 g/mol. The Morgan fingerprint density at radius 3 is 2.08 bits per heavy atom. The Kier molecular flexibility index (Phi) is 8.64. The molecule has 0 saturated heterocycles. The number of aryl methyl sites for hydroxylation is 2. The second-order valence-corrected chi connectivity index (χ2v) is 11.0. The van der Waals surface area contributed by atoms with Crippen LogP contribution < -0.4 is 22.4 Å². The molecule has 9 nitrogen and oxygen atoms in total. The van der Waals surface area contributed by atoms with E-state index in [9.17, 15) is 4.79 Å². The van der Waals surface area contributed by atoms with Gasteiger partial charge in [0.2, 0.25) is 0 Å². The lowest BCUT2D eigenvalue weighted by Crippen LogP contribution is -2.40. The lowest BCUT2D eigenvalue weighted by molar-refractivity contribution is 0.0866. The van der Waals surface area contributed by atoms with Gasteiger partial charge in [-0.15, -0.1) is 0 Å². The van der Waals surface area contributed by atoms with E-state index in [0.717, 1.165) is 60.8 Å². The Labute approximate surface area is 230 Å². The quantitative estimate of drug-likeness (QED) is 0.336. The van der Waals surface area contributed by atoms with Crippen LogP contribution >= 0.6 is 0 Å². The third kappa shape index (κ3) is 5.60. The summed E-state index contributed by atoms with van der Waals surface area (Å²) in [5, 5.41) is 0. The second kappa shape index (κ2) is 12.1. The first-order valence-electron chi connectivity index (χ1n) is 14.1. The molecule has 0 aliphatic heterocycles. The van der Waals surface area contributed by atoms with Crippen molar-refractivity contribution in [2.24, 2.45) is 5.73 Å². The number of benzene rings is 2. The molecule has 1 saturated carbocycles. The Hall–Kier alpha value is -2.82. The number of hydroxylamine groups is 2. The van der Waals surface area contributed by atoms with Crippen molar-refractivity contribution >= 4 is 0 Å². The zero-order valence-electron chi connectivity index (χ0n) is 23.3. The van der Waals surface area contributed by atoms with Crippen molar-refractivity contribution in [2.45, 2.75) is 88.9 Å². The van der Waals surface area contributed by atoms with E-state index in [1.165, 1.54) is 17.5 Å². The molecule has 2 aliphatic rings. The van der Waals surface area contributed by atoms with Crippen LogP contribution in [0.3, 0.4) is 0 Å². The average Bonchev–Trinajstić information content (AvgIpc) is 3.29. The molecule has 0 spiro atoms. The molecule has 210 valence electrons. The zero-order chi connectivity index (χ0) is 27.4. The maximum atomic E-state index is 12.9. The van der Waals surface area contributed by atoms with Gasteiger partial charge in [0.25, 0.3) is 0 Å². The van der Waals surface area contributed by atoms with Crippen molar-refractivity contribution in [3.05, 3.63) is 86.2 Å². The highest BCUT2D eigenvalue weighted by Crippen LogP contribution is 2.48. The summed E-state index contributed by atoms with van der Waals surface area (Å²) in [6.45, 7) is 3.23. The van der Waals surface area contributed by atoms with Crippen LogP contribution in [0, 0.1) is 0 Å². The molecule has 1 atom stereocenters. The number of fused-ring (bicyclic) bond motifs is 2. The van der Waals surface area contributed by atoms with Crippen LogP contribution in [0.25, 0.3) is 0 Å². The van der Waals surface area contributed by atoms with Crippen LogP contribution in [-0.4, -0.2) is 30.0 Å². The molecular formula is C30H41N5O4. The molecule has 0 amide bonds. The molecule has 39 heavy (non-hydrogen) atoms. The Morgan fingerprint density at radius 2 is 1.56 bits per heavy atom. The number of nitrogens with zero attached hydrogens (tertiary/aromatic N) is 2. The zero-order valence-corrected chi connectivity index (χ0v) is 23.3. The van der Waals surface area contributed by atoms with E-state index >= 15 is 0 Å². The summed E-state index contributed by atoms with van der Waals surface area (Å²) in [6, 6.07) is 13.1. The van der Waals surface area contributed by atoms with Gasteiger partial charge in [0.1, 0.15) is 0 Å². The molecule has 0 unspecified atom stereocenters. The monoisotopic (exact) mass is 535 g/mol. The van der Waals surface area contributed by atoms with Crippen LogP contribution in [0.4, 0.5) is 0 Å². The van der Waals surface area contributed by atoms with Crippen LogP contribution in [0.1, 0.15) is 90.7 Å². The lowest BCUT2D eigenvalue weighted by atomic mass is 9.67. The minimum absolute atomic E-state index is 0.111. The molecule has 9 heteroatoms. The summed E-state index contributed by atoms with van der Waals surface area (Å²) in [6.07, 6.45) is 7.70. The van der Waals surface area contributed by atoms with Gasteiger partial charge in [-0.3, -0.25) is 0 Å². The molecule has 0 bridgehead atoms. The molecule has 1 fully saturated rings. The maximum absolute atomic E-state index is 12.9. The number of nitrogens with two attached hydrogens (primary N) is 1. The van der Waals surface area contributed by atoms with Crippen molar-refractivity contribution in [3.8, 4) is 0 Å². The summed E-state index contributed by atoms with van der Waals surface area (Å²) >= 11 is 0. The molecule has 3 aromatic rings. The fraction of sp³-hybridized carbons (Fsp3) is 0.533. The predicted octanol–water partition coefficient (Wildman–Crippen LogP) is 3.81. The van der Waals surface area contributed by atoms with Crippen molar-refractivity contribution in [1.82, 2.24) is 20.7 Å². The molecule has 1 heterocycles. The molecule has 4 N–H and O–H groups in total. The fourth-order valence-electron chi connectivity index (χ4n) is 6.65. The summed E-state index contributed by atoms with van der Waals surface area (Å²) in [5.41, 5.74) is 18.8. The van der Waals surface area contributed by atoms with Crippen LogP contribution in [0.2, 0.25) is 0 Å². The third-order valence-electron chi connectivity index (χ3n) is 8.26. The predicted molar refractivity (Wildman–Crippen MR) is 149 cm³/mol. The van der Waals surface area contributed by atoms with Gasteiger partial charge in [-0.05, 0) is 72.4 Å². The van der Waals surface area contributed by atoms with E-state index in [-0.39, 0.29) is 12.1 Å². The minimum Gasteiger partial charge on any atom is -0.328 e. The number of hydrogen-bond acceptors (Lipinski definition) is 8. The van der Waals surface area contributed by atoms with Crippen LogP contribution in [-0.2, 0) is 41.0 Å². The van der Waals surface area contributed by atoms with Gasteiger partial charge in [0.15, 0.2) is 5.82 Å². The van der Waals surface area contributed by atoms with E-state index < -0.39 is 11.2 Å². The first kappa shape index (κ1) is 27.7. The highest BCUT2D eigenvalue weighted by Gasteiger charge is 2.47. The van der Waals surface area contributed by atoms with Crippen molar-refractivity contribution in [2.75, 3.05) is 14.2 Å². The maximum Gasteiger partial charge on any atom is 0.459 e. The van der Waals surface area contributed by atoms with Gasteiger partial charge in [-0.1, -0.05) is 55.7 Å². The van der Waals surface area contributed by atoms with E-state index in [0.29, 0.717) is 25.3 Å². The van der Waals surface area contributed by atoms with Crippen LogP contribution in [0.15, 0.2) is 45.7 Å². The Bertz CT molecular complexity index is 1270. The third-order valence-corrected chi connectivity index (χ3v) is 8.26. The lowest BCUT2D eigenvalue weighted by Gasteiger charge is -2.38. The van der Waals surface area contributed by atoms with Gasteiger partial charge in [0, 0.05) is 19.1 Å². The minimum atomic E-state index is -0.737. The topological polar surface area (TPSA) is 117 Å². The molecule has 0 radical (unpaired) electrons. The standard InChI is InChI=1S/C30H41N5O4/c1-20(31)17-30(28-34-29(36)39-35(28)25-7-5-4-6-8-25)26-13-9-21(18-32-37-2)15-23(26)11-12-24-16-22(19-33-38-3)10-14-27(24)30/h9-10,13-16,20,25,32-33H,4-8,11-12,17-19,31H2,1-3H3/t20-/m0/s1. The van der Waals surface area contributed by atoms with Gasteiger partial charge >= 0.3 is 5.76 Å². The highest BCUT2D eigenvalue weighted by molar-refractivity contribution is 5.56. The van der Waals surface area contributed by atoms with Gasteiger partial charge < -0.3 is 19.9 Å². The average molecular weight is 536 g/mol. The van der Waals surface area contributed by atoms with E-state index in [1.54, 1.807) is 14.2 Å². The first-order chi connectivity index (χ1) is 19.0. The number of hydrogen-bond donors (Lipinski definition) is 3. The summed E-state index contributed by atoms with van der Waals surface area (Å²) in [4.78, 5) is 27.8. The molecule has 2 aliphatic carbocycles.